The van der Waals surface area contributed by atoms with E-state index in [9.17, 15) is 0 Å². The van der Waals surface area contributed by atoms with Crippen molar-refractivity contribution in [3.63, 3.8) is 0 Å². The van der Waals surface area contributed by atoms with E-state index in [2.05, 4.69) is 9.97 Å². The molecule has 7 rings (SSSR count). The number of benzene rings is 2. The van der Waals surface area contributed by atoms with Crippen LogP contribution in [0, 0.1) is 6.92 Å². The number of rotatable bonds is 4. The minimum absolute atomic E-state index is 0.330. The van der Waals surface area contributed by atoms with Gasteiger partial charge in [0.05, 0.1) is 35.5 Å². The molecule has 186 valence electrons. The van der Waals surface area contributed by atoms with Gasteiger partial charge in [-0.05, 0) is 43.3 Å². The van der Waals surface area contributed by atoms with Crippen molar-refractivity contribution in [1.82, 2.24) is 34.3 Å². The Balaban J connectivity index is 1.52. The number of halogens is 1. The summed E-state index contributed by atoms with van der Waals surface area (Å²) in [6.45, 7) is 1.97. The number of hydrogen-bond acceptors (Lipinski definition) is 7. The van der Waals surface area contributed by atoms with Crippen molar-refractivity contribution in [2.45, 2.75) is 12.8 Å². The van der Waals surface area contributed by atoms with Crippen molar-refractivity contribution in [1.29, 1.82) is 0 Å². The maximum atomic E-state index is 6.49. The third-order valence-electron chi connectivity index (χ3n) is 6.66. The predicted molar refractivity (Wildman–Crippen MR) is 141 cm³/mol. The van der Waals surface area contributed by atoms with E-state index in [1.54, 1.807) is 35.0 Å². The number of para-hydroxylation sites is 1. The Kier molecular flexibility index (Phi) is 5.12. The van der Waals surface area contributed by atoms with Crippen molar-refractivity contribution < 1.29 is 9.47 Å². The fourth-order valence-electron chi connectivity index (χ4n) is 5.00. The molecule has 0 bridgehead atoms. The molecule has 0 radical (unpaired) electrons. The van der Waals surface area contributed by atoms with Gasteiger partial charge in [0, 0.05) is 28.5 Å². The van der Waals surface area contributed by atoms with E-state index in [1.807, 2.05) is 67.6 Å². The molecule has 1 aliphatic rings. The molecule has 10 heteroatoms. The van der Waals surface area contributed by atoms with Crippen LogP contribution in [0.1, 0.15) is 28.3 Å². The van der Waals surface area contributed by atoms with Gasteiger partial charge < -0.3 is 9.47 Å². The Bertz CT molecular complexity index is 1830. The summed E-state index contributed by atoms with van der Waals surface area (Å²) in [4.78, 5) is 13.7. The Hall–Kier alpha value is -4.76. The van der Waals surface area contributed by atoms with Gasteiger partial charge in [0.15, 0.2) is 11.5 Å². The third-order valence-corrected chi connectivity index (χ3v) is 6.90. The monoisotopic (exact) mass is 521 g/mol. The molecule has 0 fully saturated rings. The second-order valence-electron chi connectivity index (χ2n) is 8.88. The van der Waals surface area contributed by atoms with Crippen molar-refractivity contribution in [3.05, 3.63) is 107 Å². The summed E-state index contributed by atoms with van der Waals surface area (Å²) in [6.07, 6.45) is 5.05. The highest BCUT2D eigenvalue weighted by Gasteiger charge is 2.39. The SMILES string of the molecule is COc1ccccc1C1c2c(C)nn(-c3cccc(Cl)c3)c2Oc2ncn3nc(-c4ccncc4)nc3c21. The highest BCUT2D eigenvalue weighted by molar-refractivity contribution is 6.30. The Labute approximate surface area is 222 Å². The first-order valence-corrected chi connectivity index (χ1v) is 12.3. The first-order valence-electron chi connectivity index (χ1n) is 11.9. The quantitative estimate of drug-likeness (QED) is 0.296. The van der Waals surface area contributed by atoms with Gasteiger partial charge >= 0.3 is 0 Å². The van der Waals surface area contributed by atoms with Crippen LogP contribution in [-0.4, -0.2) is 41.5 Å². The largest absolute Gasteiger partial charge is 0.496 e. The van der Waals surface area contributed by atoms with Crippen LogP contribution in [0.15, 0.2) is 79.4 Å². The molecule has 0 saturated carbocycles. The summed E-state index contributed by atoms with van der Waals surface area (Å²) >= 11 is 6.32. The molecular formula is C28H20ClN7O2. The molecule has 2 aromatic carbocycles. The lowest BCUT2D eigenvalue weighted by atomic mass is 9.84. The number of fused-ring (bicyclic) bond motifs is 4. The van der Waals surface area contributed by atoms with Gasteiger partial charge in [0.2, 0.25) is 11.8 Å². The number of ether oxygens (including phenoxy) is 2. The second-order valence-corrected chi connectivity index (χ2v) is 9.31. The van der Waals surface area contributed by atoms with Crippen molar-refractivity contribution in [3.8, 4) is 34.6 Å². The van der Waals surface area contributed by atoms with E-state index < -0.39 is 0 Å². The van der Waals surface area contributed by atoms with E-state index in [-0.39, 0.29) is 5.92 Å². The number of nitrogens with zero attached hydrogens (tertiary/aromatic N) is 7. The molecule has 4 aromatic heterocycles. The predicted octanol–water partition coefficient (Wildman–Crippen LogP) is 5.63. The summed E-state index contributed by atoms with van der Waals surface area (Å²) in [5.74, 6) is 1.97. The normalized spacial score (nSPS) is 14.1. The zero-order valence-corrected chi connectivity index (χ0v) is 21.2. The van der Waals surface area contributed by atoms with Crippen LogP contribution in [0.5, 0.6) is 17.5 Å². The molecule has 6 aromatic rings. The molecule has 1 aliphatic heterocycles. The zero-order valence-electron chi connectivity index (χ0n) is 20.4. The van der Waals surface area contributed by atoms with Gasteiger partial charge in [-0.3, -0.25) is 4.98 Å². The maximum absolute atomic E-state index is 6.49. The summed E-state index contributed by atoms with van der Waals surface area (Å²) in [5, 5.41) is 10.2. The van der Waals surface area contributed by atoms with Crippen molar-refractivity contribution in [2.75, 3.05) is 7.11 Å². The molecule has 1 unspecified atom stereocenters. The van der Waals surface area contributed by atoms with E-state index in [1.165, 1.54) is 0 Å². The molecule has 0 N–H and O–H groups in total. The lowest BCUT2D eigenvalue weighted by Crippen LogP contribution is -2.16. The molecule has 0 saturated heterocycles. The van der Waals surface area contributed by atoms with Crippen LogP contribution in [0.4, 0.5) is 0 Å². The standard InChI is InChI=1S/C28H20ClN7O2/c1-16-22-23(20-8-3-4-9-21(20)37-2)24-26-32-25(17-10-12-30-13-11-17)34-35(26)15-31-27(24)38-28(22)36(33-16)19-7-5-6-18(29)14-19/h3-15,23H,1-2H3. The van der Waals surface area contributed by atoms with Crippen LogP contribution >= 0.6 is 11.6 Å². The molecule has 0 amide bonds. The van der Waals surface area contributed by atoms with E-state index in [0.29, 0.717) is 28.3 Å². The minimum Gasteiger partial charge on any atom is -0.496 e. The number of methoxy groups -OCH3 is 1. The molecule has 0 spiro atoms. The molecule has 9 nitrogen and oxygen atoms in total. The number of aryl methyl sites for hydroxylation is 1. The van der Waals surface area contributed by atoms with Crippen molar-refractivity contribution >= 4 is 17.2 Å². The Morgan fingerprint density at radius 3 is 2.63 bits per heavy atom. The molecule has 1 atom stereocenters. The van der Waals surface area contributed by atoms with Gasteiger partial charge in [-0.2, -0.15) is 5.10 Å². The minimum atomic E-state index is -0.330. The summed E-state index contributed by atoms with van der Waals surface area (Å²) in [5.41, 5.74) is 5.70. The fourth-order valence-corrected chi connectivity index (χ4v) is 5.18. The molecule has 38 heavy (non-hydrogen) atoms. The second kappa shape index (κ2) is 8.67. The first-order chi connectivity index (χ1) is 18.6. The zero-order chi connectivity index (χ0) is 25.8. The van der Waals surface area contributed by atoms with Gasteiger partial charge in [-0.1, -0.05) is 35.9 Å². The van der Waals surface area contributed by atoms with Gasteiger partial charge in [-0.15, -0.1) is 5.10 Å². The highest BCUT2D eigenvalue weighted by Crippen LogP contribution is 2.51. The van der Waals surface area contributed by atoms with Gasteiger partial charge in [0.25, 0.3) is 0 Å². The van der Waals surface area contributed by atoms with E-state index in [0.717, 1.165) is 39.4 Å². The van der Waals surface area contributed by atoms with Gasteiger partial charge in [-0.25, -0.2) is 19.2 Å². The smallest absolute Gasteiger partial charge is 0.230 e. The van der Waals surface area contributed by atoms with Crippen molar-refractivity contribution in [2.24, 2.45) is 0 Å². The van der Waals surface area contributed by atoms with E-state index in [4.69, 9.17) is 36.3 Å². The average molecular weight is 522 g/mol. The summed E-state index contributed by atoms with van der Waals surface area (Å²) in [6, 6.07) is 19.2. The molecular weight excluding hydrogens is 502 g/mol. The van der Waals surface area contributed by atoms with Crippen LogP contribution in [0.3, 0.4) is 0 Å². The van der Waals surface area contributed by atoms with E-state index >= 15 is 0 Å². The number of aromatic nitrogens is 7. The molecule has 5 heterocycles. The third kappa shape index (κ3) is 3.43. The number of pyridine rings is 1. The Morgan fingerprint density at radius 2 is 1.82 bits per heavy atom. The summed E-state index contributed by atoms with van der Waals surface area (Å²) < 4.78 is 15.7. The Morgan fingerprint density at radius 1 is 0.974 bits per heavy atom. The van der Waals surface area contributed by atoms with Crippen LogP contribution in [0.2, 0.25) is 5.02 Å². The fraction of sp³-hybridized carbons (Fsp3) is 0.107. The van der Waals surface area contributed by atoms with Crippen LogP contribution in [-0.2, 0) is 0 Å². The number of hydrogen-bond donors (Lipinski definition) is 0. The lowest BCUT2D eigenvalue weighted by Gasteiger charge is -2.27. The average Bonchev–Trinajstić information content (AvgIpc) is 3.54. The highest BCUT2D eigenvalue weighted by atomic mass is 35.5. The molecule has 0 aliphatic carbocycles. The van der Waals surface area contributed by atoms with Gasteiger partial charge in [0.1, 0.15) is 12.1 Å². The lowest BCUT2D eigenvalue weighted by molar-refractivity contribution is 0.393. The maximum Gasteiger partial charge on any atom is 0.230 e. The summed E-state index contributed by atoms with van der Waals surface area (Å²) in [7, 11) is 1.67. The first kappa shape index (κ1) is 22.4. The van der Waals surface area contributed by atoms with Crippen LogP contribution in [0.25, 0.3) is 22.7 Å². The van der Waals surface area contributed by atoms with Crippen LogP contribution < -0.4 is 9.47 Å². The topological polar surface area (TPSA) is 92.2 Å².